The smallest absolute Gasteiger partial charge is 0.0550 e. The monoisotopic (exact) mass is 402 g/mol. The number of aryl methyl sites for hydroxylation is 4. The van der Waals surface area contributed by atoms with Crippen molar-refractivity contribution in [1.82, 2.24) is 0 Å². The van der Waals surface area contributed by atoms with Crippen LogP contribution in [0.25, 0.3) is 0 Å². The van der Waals surface area contributed by atoms with Gasteiger partial charge in [0, 0.05) is 14.7 Å². The fourth-order valence-electron chi connectivity index (χ4n) is 3.84. The molecule has 0 nitrogen and oxygen atoms in total. The highest BCUT2D eigenvalue weighted by Crippen LogP contribution is 2.75. The first-order valence-electron chi connectivity index (χ1n) is 9.60. The van der Waals surface area contributed by atoms with Crippen LogP contribution in [-0.4, -0.2) is 0 Å². The number of hydrogen-bond donors (Lipinski definition) is 0. The maximum atomic E-state index is 2.42. The molecule has 0 unspecified atom stereocenters. The highest BCUT2D eigenvalue weighted by atomic mass is 32.3. The van der Waals surface area contributed by atoms with Crippen LogP contribution in [0.15, 0.2) is 103 Å². The van der Waals surface area contributed by atoms with Gasteiger partial charge in [-0.05, 0) is 74.5 Å². The Morgan fingerprint density at radius 2 is 1.18 bits per heavy atom. The van der Waals surface area contributed by atoms with Crippen LogP contribution < -0.4 is 0 Å². The SMILES string of the molecule is Cc1ccc(C)c(S(c2ccccc2)(c2cccs2)c2cc(C)ccc2C)c1. The Morgan fingerprint density at radius 1 is 0.607 bits per heavy atom. The van der Waals surface area contributed by atoms with Gasteiger partial charge < -0.3 is 0 Å². The van der Waals surface area contributed by atoms with Crippen LogP contribution >= 0.6 is 21.4 Å². The highest BCUT2D eigenvalue weighted by molar-refractivity contribution is 8.35. The first kappa shape index (κ1) is 19.0. The number of benzene rings is 3. The van der Waals surface area contributed by atoms with Crippen molar-refractivity contribution in [3.05, 3.63) is 106 Å². The van der Waals surface area contributed by atoms with Crippen LogP contribution in [-0.2, 0) is 0 Å². The maximum absolute atomic E-state index is 2.42. The average Bonchev–Trinajstić information content (AvgIpc) is 3.24. The Morgan fingerprint density at radius 3 is 1.68 bits per heavy atom. The summed E-state index contributed by atoms with van der Waals surface area (Å²) in [4.78, 5) is 4.31. The van der Waals surface area contributed by atoms with E-state index in [4.69, 9.17) is 0 Å². The molecule has 0 fully saturated rings. The molecule has 0 saturated carbocycles. The molecule has 142 valence electrons. The molecule has 4 aromatic rings. The Labute approximate surface area is 174 Å². The molecule has 0 aliphatic rings. The van der Waals surface area contributed by atoms with Crippen molar-refractivity contribution < 1.29 is 0 Å². The lowest BCUT2D eigenvalue weighted by atomic mass is 10.2. The molecular weight excluding hydrogens is 376 g/mol. The van der Waals surface area contributed by atoms with Crippen LogP contribution in [0.4, 0.5) is 0 Å². The van der Waals surface area contributed by atoms with Gasteiger partial charge in [0.2, 0.25) is 0 Å². The molecule has 0 N–H and O–H groups in total. The van der Waals surface area contributed by atoms with Crippen LogP contribution in [0.2, 0.25) is 0 Å². The molecule has 0 atom stereocenters. The van der Waals surface area contributed by atoms with Gasteiger partial charge in [-0.3, -0.25) is 0 Å². The van der Waals surface area contributed by atoms with E-state index in [-0.39, 0.29) is 0 Å². The number of hydrogen-bond acceptors (Lipinski definition) is 1. The van der Waals surface area contributed by atoms with E-state index in [9.17, 15) is 0 Å². The lowest BCUT2D eigenvalue weighted by molar-refractivity contribution is 1.17. The molecule has 0 spiro atoms. The Kier molecular flexibility index (Phi) is 5.18. The Balaban J connectivity index is 2.22. The molecule has 0 aliphatic heterocycles. The zero-order valence-corrected chi connectivity index (χ0v) is 18.5. The van der Waals surface area contributed by atoms with Crippen molar-refractivity contribution in [1.29, 1.82) is 0 Å². The summed E-state index contributed by atoms with van der Waals surface area (Å²) in [5.74, 6) is 0. The first-order chi connectivity index (χ1) is 13.5. The molecule has 1 heterocycles. The van der Waals surface area contributed by atoms with Gasteiger partial charge in [0.25, 0.3) is 0 Å². The van der Waals surface area contributed by atoms with Gasteiger partial charge in [0.1, 0.15) is 0 Å². The fourth-order valence-corrected chi connectivity index (χ4v) is 9.95. The molecule has 2 heteroatoms. The fraction of sp³-hybridized carbons (Fsp3) is 0.154. The van der Waals surface area contributed by atoms with E-state index >= 15 is 0 Å². The third-order valence-corrected chi connectivity index (χ3v) is 10.9. The largest absolute Gasteiger partial charge is 0.138 e. The summed E-state index contributed by atoms with van der Waals surface area (Å²) in [7, 11) is -1.56. The second-order valence-electron chi connectivity index (χ2n) is 7.40. The minimum atomic E-state index is -1.56. The number of thiophene rings is 1. The Bertz CT molecular complexity index is 1040. The van der Waals surface area contributed by atoms with Crippen molar-refractivity contribution in [2.45, 2.75) is 46.6 Å². The molecule has 0 aliphatic carbocycles. The normalized spacial score (nSPS) is 12.1. The van der Waals surface area contributed by atoms with Gasteiger partial charge >= 0.3 is 0 Å². The quantitative estimate of drug-likeness (QED) is 0.322. The average molecular weight is 403 g/mol. The van der Waals surface area contributed by atoms with Gasteiger partial charge in [0.15, 0.2) is 0 Å². The highest BCUT2D eigenvalue weighted by Gasteiger charge is 2.36. The minimum absolute atomic E-state index is 1.32. The summed E-state index contributed by atoms with van der Waals surface area (Å²) in [6.45, 7) is 8.93. The maximum Gasteiger partial charge on any atom is 0.0550 e. The predicted octanol–water partition coefficient (Wildman–Crippen LogP) is 8.32. The molecule has 3 aromatic carbocycles. The summed E-state index contributed by atoms with van der Waals surface area (Å²) in [6.07, 6.45) is 0. The summed E-state index contributed by atoms with van der Waals surface area (Å²) in [5, 5.41) is 2.22. The zero-order chi connectivity index (χ0) is 19.7. The van der Waals surface area contributed by atoms with Gasteiger partial charge in [-0.1, -0.05) is 59.7 Å². The van der Waals surface area contributed by atoms with Crippen molar-refractivity contribution in [2.75, 3.05) is 0 Å². The van der Waals surface area contributed by atoms with Crippen LogP contribution in [0.1, 0.15) is 22.3 Å². The zero-order valence-electron chi connectivity index (χ0n) is 16.9. The van der Waals surface area contributed by atoms with E-state index in [1.807, 2.05) is 11.3 Å². The van der Waals surface area contributed by atoms with Crippen LogP contribution in [0, 0.1) is 27.7 Å². The predicted molar refractivity (Wildman–Crippen MR) is 123 cm³/mol. The first-order valence-corrected chi connectivity index (χ1v) is 12.1. The van der Waals surface area contributed by atoms with Crippen LogP contribution in [0.5, 0.6) is 0 Å². The second-order valence-corrected chi connectivity index (χ2v) is 11.6. The minimum Gasteiger partial charge on any atom is -0.138 e. The third kappa shape index (κ3) is 3.11. The van der Waals surface area contributed by atoms with E-state index in [1.165, 1.54) is 41.1 Å². The molecular formula is C26H26S2. The van der Waals surface area contributed by atoms with Gasteiger partial charge in [0.05, 0.1) is 4.21 Å². The molecule has 4 rings (SSSR count). The van der Waals surface area contributed by atoms with Crippen LogP contribution in [0.3, 0.4) is 0 Å². The molecule has 0 radical (unpaired) electrons. The van der Waals surface area contributed by atoms with Crippen molar-refractivity contribution in [2.24, 2.45) is 0 Å². The van der Waals surface area contributed by atoms with E-state index in [0.29, 0.717) is 0 Å². The van der Waals surface area contributed by atoms with E-state index < -0.39 is 10.0 Å². The lowest BCUT2D eigenvalue weighted by Crippen LogP contribution is -2.07. The van der Waals surface area contributed by atoms with E-state index in [0.717, 1.165) is 0 Å². The summed E-state index contributed by atoms with van der Waals surface area (Å²) in [6, 6.07) is 29.5. The molecule has 28 heavy (non-hydrogen) atoms. The molecule has 0 amide bonds. The third-order valence-electron chi connectivity index (χ3n) is 5.24. The van der Waals surface area contributed by atoms with Gasteiger partial charge in [-0.25, -0.2) is 0 Å². The van der Waals surface area contributed by atoms with Gasteiger partial charge in [-0.15, -0.1) is 21.4 Å². The second kappa shape index (κ2) is 7.62. The van der Waals surface area contributed by atoms with Crippen molar-refractivity contribution >= 4 is 21.4 Å². The standard InChI is InChI=1S/C26H26S2/c1-19-12-14-21(3)24(17-19)28(26-11-8-16-27-26,23-9-6-5-7-10-23)25-18-20(2)13-15-22(25)4/h5-18H,1-4H3. The lowest BCUT2D eigenvalue weighted by Gasteiger charge is -2.43. The van der Waals surface area contributed by atoms with E-state index in [2.05, 4.69) is 112 Å². The topological polar surface area (TPSA) is 0 Å². The summed E-state index contributed by atoms with van der Waals surface area (Å²) < 4.78 is 1.45. The molecule has 0 saturated heterocycles. The van der Waals surface area contributed by atoms with Gasteiger partial charge in [-0.2, -0.15) is 0 Å². The Hall–Kier alpha value is -2.29. The molecule has 1 aromatic heterocycles. The molecule has 0 bridgehead atoms. The number of rotatable bonds is 4. The summed E-state index contributed by atoms with van der Waals surface area (Å²) in [5.41, 5.74) is 5.35. The van der Waals surface area contributed by atoms with Crippen molar-refractivity contribution in [3.63, 3.8) is 0 Å². The summed E-state index contributed by atoms with van der Waals surface area (Å²) >= 11 is 1.88. The van der Waals surface area contributed by atoms with E-state index in [1.54, 1.807) is 0 Å². The van der Waals surface area contributed by atoms with Crippen molar-refractivity contribution in [3.8, 4) is 0 Å².